The van der Waals surface area contributed by atoms with Crippen LogP contribution in [0.3, 0.4) is 0 Å². The summed E-state index contributed by atoms with van der Waals surface area (Å²) >= 11 is 0. The minimum Gasteiger partial charge on any atom is -0.483 e. The summed E-state index contributed by atoms with van der Waals surface area (Å²) in [6, 6.07) is 15.9. The lowest BCUT2D eigenvalue weighted by atomic mass is 10.2. The number of hydrogen-bond acceptors (Lipinski definition) is 5. The van der Waals surface area contributed by atoms with Crippen LogP contribution in [-0.4, -0.2) is 61.2 Å². The lowest BCUT2D eigenvalue weighted by Crippen LogP contribution is -2.47. The quantitative estimate of drug-likeness (QED) is 0.492. The first-order valence-electron chi connectivity index (χ1n) is 11.8. The molecule has 1 saturated heterocycles. The third-order valence-corrected chi connectivity index (χ3v) is 6.19. The largest absolute Gasteiger partial charge is 0.483 e. The van der Waals surface area contributed by atoms with Crippen LogP contribution in [0, 0.1) is 5.82 Å². The van der Waals surface area contributed by atoms with Crippen molar-refractivity contribution in [1.29, 1.82) is 0 Å². The van der Waals surface area contributed by atoms with Gasteiger partial charge in [0.2, 0.25) is 0 Å². The SMILES string of the molecule is CCn1c(=O)cc(OCC(=O)NCCCN2CCN(c3ccccc3F)CC2)c2ccccc21. The molecule has 3 aromatic rings. The lowest BCUT2D eigenvalue weighted by molar-refractivity contribution is -0.123. The van der Waals surface area contributed by atoms with E-state index >= 15 is 0 Å². The highest BCUT2D eigenvalue weighted by Crippen LogP contribution is 2.23. The number of fused-ring (bicyclic) bond motifs is 1. The number of benzene rings is 2. The van der Waals surface area contributed by atoms with Gasteiger partial charge in [-0.3, -0.25) is 14.5 Å². The lowest BCUT2D eigenvalue weighted by Gasteiger charge is -2.36. The van der Waals surface area contributed by atoms with Gasteiger partial charge in [0.1, 0.15) is 11.6 Å². The molecule has 1 N–H and O–H groups in total. The zero-order valence-electron chi connectivity index (χ0n) is 19.5. The molecule has 1 aromatic heterocycles. The number of halogens is 1. The Labute approximate surface area is 198 Å². The molecule has 0 aliphatic carbocycles. The normalized spacial score (nSPS) is 14.4. The van der Waals surface area contributed by atoms with Crippen LogP contribution in [0.2, 0.25) is 0 Å². The van der Waals surface area contributed by atoms with Gasteiger partial charge in [-0.1, -0.05) is 24.3 Å². The van der Waals surface area contributed by atoms with E-state index in [9.17, 15) is 14.0 Å². The third-order valence-electron chi connectivity index (χ3n) is 6.19. The number of nitrogens with one attached hydrogen (secondary N) is 1. The van der Waals surface area contributed by atoms with Crippen molar-refractivity contribution in [3.63, 3.8) is 0 Å². The molecule has 180 valence electrons. The summed E-state index contributed by atoms with van der Waals surface area (Å²) in [5, 5.41) is 3.70. The van der Waals surface area contributed by atoms with E-state index in [4.69, 9.17) is 4.74 Å². The topological polar surface area (TPSA) is 66.8 Å². The van der Waals surface area contributed by atoms with E-state index in [1.165, 1.54) is 12.1 Å². The summed E-state index contributed by atoms with van der Waals surface area (Å²) in [7, 11) is 0. The predicted octanol–water partition coefficient (Wildman–Crippen LogP) is 2.87. The maximum atomic E-state index is 14.0. The van der Waals surface area contributed by atoms with Crippen LogP contribution in [-0.2, 0) is 11.3 Å². The van der Waals surface area contributed by atoms with Gasteiger partial charge in [0.15, 0.2) is 6.61 Å². The van der Waals surface area contributed by atoms with Crippen molar-refractivity contribution in [2.45, 2.75) is 19.9 Å². The number of ether oxygens (including phenoxy) is 1. The highest BCUT2D eigenvalue weighted by Gasteiger charge is 2.19. The Morgan fingerprint density at radius 2 is 1.79 bits per heavy atom. The fourth-order valence-corrected chi connectivity index (χ4v) is 4.39. The van der Waals surface area contributed by atoms with Crippen molar-refractivity contribution in [2.75, 3.05) is 50.8 Å². The second-order valence-electron chi connectivity index (χ2n) is 8.38. The van der Waals surface area contributed by atoms with Crippen LogP contribution in [0.4, 0.5) is 10.1 Å². The Hall–Kier alpha value is -3.39. The molecule has 1 fully saturated rings. The number of aryl methyl sites for hydroxylation is 1. The Balaban J connectivity index is 1.19. The summed E-state index contributed by atoms with van der Waals surface area (Å²) in [4.78, 5) is 29.0. The average Bonchev–Trinajstić information content (AvgIpc) is 2.86. The summed E-state index contributed by atoms with van der Waals surface area (Å²) in [6.07, 6.45) is 0.820. The van der Waals surface area contributed by atoms with E-state index in [1.54, 1.807) is 10.6 Å². The summed E-state index contributed by atoms with van der Waals surface area (Å²) < 4.78 is 21.4. The molecular formula is C26H31FN4O3. The number of piperazine rings is 1. The molecule has 0 saturated carbocycles. The minimum absolute atomic E-state index is 0.138. The molecule has 1 aliphatic heterocycles. The van der Waals surface area contributed by atoms with Gasteiger partial charge in [-0.25, -0.2) is 4.39 Å². The number of hydrogen-bond donors (Lipinski definition) is 1. The van der Waals surface area contributed by atoms with Gasteiger partial charge in [-0.05, 0) is 44.2 Å². The number of carbonyl (C=O) groups is 1. The number of pyridine rings is 1. The van der Waals surface area contributed by atoms with Crippen molar-refractivity contribution in [3.05, 3.63) is 70.8 Å². The molecular weight excluding hydrogens is 435 g/mol. The van der Waals surface area contributed by atoms with Gasteiger partial charge in [-0.15, -0.1) is 0 Å². The molecule has 1 amide bonds. The van der Waals surface area contributed by atoms with E-state index in [2.05, 4.69) is 15.1 Å². The monoisotopic (exact) mass is 466 g/mol. The smallest absolute Gasteiger partial charge is 0.257 e. The number of carbonyl (C=O) groups excluding carboxylic acids is 1. The Kier molecular flexibility index (Phi) is 7.80. The van der Waals surface area contributed by atoms with Crippen molar-refractivity contribution < 1.29 is 13.9 Å². The molecule has 1 aliphatic rings. The van der Waals surface area contributed by atoms with Crippen molar-refractivity contribution in [2.24, 2.45) is 0 Å². The number of anilines is 1. The van der Waals surface area contributed by atoms with E-state index < -0.39 is 0 Å². The zero-order chi connectivity index (χ0) is 23.9. The van der Waals surface area contributed by atoms with Gasteiger partial charge < -0.3 is 19.5 Å². The molecule has 7 nitrogen and oxygen atoms in total. The van der Waals surface area contributed by atoms with E-state index in [0.717, 1.165) is 50.0 Å². The average molecular weight is 467 g/mol. The second kappa shape index (κ2) is 11.2. The fourth-order valence-electron chi connectivity index (χ4n) is 4.39. The van der Waals surface area contributed by atoms with Crippen LogP contribution < -0.4 is 20.5 Å². The van der Waals surface area contributed by atoms with Crippen LogP contribution in [0.25, 0.3) is 10.9 Å². The predicted molar refractivity (Wildman–Crippen MR) is 132 cm³/mol. The Morgan fingerprint density at radius 1 is 1.06 bits per heavy atom. The molecule has 0 spiro atoms. The molecule has 34 heavy (non-hydrogen) atoms. The maximum Gasteiger partial charge on any atom is 0.257 e. The van der Waals surface area contributed by atoms with Crippen molar-refractivity contribution >= 4 is 22.5 Å². The summed E-state index contributed by atoms with van der Waals surface area (Å²) in [5.41, 5.74) is 1.31. The number of aromatic nitrogens is 1. The molecule has 4 rings (SSSR count). The number of rotatable bonds is 9. The third kappa shape index (κ3) is 5.56. The van der Waals surface area contributed by atoms with E-state index in [0.29, 0.717) is 24.5 Å². The number of para-hydroxylation sites is 2. The molecule has 0 bridgehead atoms. The fraction of sp³-hybridized carbons (Fsp3) is 0.385. The van der Waals surface area contributed by atoms with Gasteiger partial charge in [0.25, 0.3) is 11.5 Å². The van der Waals surface area contributed by atoms with Crippen LogP contribution >= 0.6 is 0 Å². The van der Waals surface area contributed by atoms with Crippen LogP contribution in [0.5, 0.6) is 5.75 Å². The minimum atomic E-state index is -0.215. The number of amides is 1. The zero-order valence-corrected chi connectivity index (χ0v) is 19.5. The first-order chi connectivity index (χ1) is 16.6. The highest BCUT2D eigenvalue weighted by molar-refractivity contribution is 5.86. The van der Waals surface area contributed by atoms with Crippen molar-refractivity contribution in [3.8, 4) is 5.75 Å². The summed E-state index contributed by atoms with van der Waals surface area (Å²) in [5.74, 6) is 0.0294. The van der Waals surface area contributed by atoms with Crippen molar-refractivity contribution in [1.82, 2.24) is 14.8 Å². The first kappa shape index (κ1) is 23.8. The van der Waals surface area contributed by atoms with Gasteiger partial charge in [0, 0.05) is 50.7 Å². The van der Waals surface area contributed by atoms with Gasteiger partial charge >= 0.3 is 0 Å². The van der Waals surface area contributed by atoms with Crippen LogP contribution in [0.15, 0.2) is 59.4 Å². The number of nitrogens with zero attached hydrogens (tertiary/aromatic N) is 3. The molecule has 0 radical (unpaired) electrons. The highest BCUT2D eigenvalue weighted by atomic mass is 19.1. The Bertz CT molecular complexity index is 1190. The van der Waals surface area contributed by atoms with Crippen LogP contribution in [0.1, 0.15) is 13.3 Å². The van der Waals surface area contributed by atoms with Gasteiger partial charge in [0.05, 0.1) is 11.2 Å². The first-order valence-corrected chi connectivity index (χ1v) is 11.8. The molecule has 2 aromatic carbocycles. The standard InChI is InChI=1S/C26H31FN4O3/c1-2-31-22-10-5-3-8-20(22)24(18-26(31)33)34-19-25(32)28-12-7-13-29-14-16-30(17-15-29)23-11-6-4-9-21(23)27/h3-6,8-11,18H,2,7,12-17,19H2,1H3,(H,28,32). The summed E-state index contributed by atoms with van der Waals surface area (Å²) in [6.45, 7) is 7.06. The second-order valence-corrected chi connectivity index (χ2v) is 8.38. The van der Waals surface area contributed by atoms with Gasteiger partial charge in [-0.2, -0.15) is 0 Å². The Morgan fingerprint density at radius 3 is 2.56 bits per heavy atom. The van der Waals surface area contributed by atoms with E-state index in [-0.39, 0.29) is 23.9 Å². The maximum absolute atomic E-state index is 14.0. The molecule has 8 heteroatoms. The molecule has 0 unspecified atom stereocenters. The molecule has 2 heterocycles. The van der Waals surface area contributed by atoms with E-state index in [1.807, 2.05) is 43.3 Å². The molecule has 0 atom stereocenters.